The molecule has 1 aromatic rings. The van der Waals surface area contributed by atoms with Crippen molar-refractivity contribution in [3.05, 3.63) is 33.2 Å². The van der Waals surface area contributed by atoms with Crippen LogP contribution in [0.1, 0.15) is 23.6 Å². The van der Waals surface area contributed by atoms with E-state index < -0.39 is 5.56 Å². The zero-order valence-electron chi connectivity index (χ0n) is 7.09. The summed E-state index contributed by atoms with van der Waals surface area (Å²) in [5, 5.41) is 17.3. The van der Waals surface area contributed by atoms with Gasteiger partial charge in [0.2, 0.25) is 0 Å². The molecule has 0 radical (unpaired) electrons. The topological polar surface area (TPSA) is 80.4 Å². The molecule has 0 spiro atoms. The summed E-state index contributed by atoms with van der Waals surface area (Å²) >= 11 is 0. The fourth-order valence-corrected chi connectivity index (χ4v) is 1.15. The van der Waals surface area contributed by atoms with E-state index in [9.17, 15) is 4.79 Å². The average molecular weight is 173 g/mol. The summed E-state index contributed by atoms with van der Waals surface area (Å²) in [5.41, 5.74) is 0.493. The Hall–Kier alpha value is -2.07. The highest BCUT2D eigenvalue weighted by Gasteiger charge is 2.09. The van der Waals surface area contributed by atoms with Gasteiger partial charge in [0.25, 0.3) is 5.56 Å². The van der Waals surface area contributed by atoms with Crippen LogP contribution in [0.15, 0.2) is 11.0 Å². The van der Waals surface area contributed by atoms with Gasteiger partial charge in [-0.3, -0.25) is 4.79 Å². The molecule has 0 aliphatic rings. The quantitative estimate of drug-likeness (QED) is 0.678. The molecule has 13 heavy (non-hydrogen) atoms. The zero-order valence-corrected chi connectivity index (χ0v) is 7.09. The lowest BCUT2D eigenvalue weighted by atomic mass is 10.0. The number of nitriles is 2. The third-order valence-electron chi connectivity index (χ3n) is 1.79. The van der Waals surface area contributed by atoms with Gasteiger partial charge in [0.05, 0.1) is 5.56 Å². The number of aromatic nitrogens is 1. The van der Waals surface area contributed by atoms with Crippen molar-refractivity contribution in [2.75, 3.05) is 0 Å². The van der Waals surface area contributed by atoms with Crippen LogP contribution >= 0.6 is 0 Å². The molecule has 0 atom stereocenters. The summed E-state index contributed by atoms with van der Waals surface area (Å²) in [5.74, 6) is 0. The minimum Gasteiger partial charge on any atom is -0.327 e. The summed E-state index contributed by atoms with van der Waals surface area (Å²) in [6.45, 7) is 1.80. The first-order valence-corrected chi connectivity index (χ1v) is 3.79. The van der Waals surface area contributed by atoms with Gasteiger partial charge in [-0.25, -0.2) is 0 Å². The largest absolute Gasteiger partial charge is 0.327 e. The maximum absolute atomic E-state index is 11.1. The fraction of sp³-hybridized carbons (Fsp3) is 0.222. The van der Waals surface area contributed by atoms with Crippen molar-refractivity contribution in [1.29, 1.82) is 10.5 Å². The van der Waals surface area contributed by atoms with E-state index in [4.69, 9.17) is 10.5 Å². The minimum absolute atomic E-state index is 0.0431. The Kier molecular flexibility index (Phi) is 2.47. The Morgan fingerprint density at radius 1 is 1.46 bits per heavy atom. The van der Waals surface area contributed by atoms with Crippen LogP contribution in [0.2, 0.25) is 0 Å². The Bertz CT molecular complexity index is 459. The van der Waals surface area contributed by atoms with Crippen molar-refractivity contribution < 1.29 is 0 Å². The highest BCUT2D eigenvalue weighted by molar-refractivity contribution is 5.45. The summed E-state index contributed by atoms with van der Waals surface area (Å²) in [6, 6.07) is 3.72. The molecule has 0 unspecified atom stereocenters. The summed E-state index contributed by atoms with van der Waals surface area (Å²) in [6.07, 6.45) is 1.84. The number of nitrogens with zero attached hydrogens (tertiary/aromatic N) is 2. The number of hydrogen-bond donors (Lipinski definition) is 1. The first-order valence-electron chi connectivity index (χ1n) is 3.79. The number of pyridine rings is 1. The van der Waals surface area contributed by atoms with Crippen molar-refractivity contribution in [3.63, 3.8) is 0 Å². The molecule has 0 aliphatic heterocycles. The molecule has 0 aromatic carbocycles. The van der Waals surface area contributed by atoms with Crippen molar-refractivity contribution in [2.45, 2.75) is 13.3 Å². The molecule has 0 amide bonds. The Labute approximate surface area is 75.1 Å². The SMILES string of the molecule is CCc1c(C#N)c[nH]c(=O)c1C#N. The molecule has 1 rings (SSSR count). The van der Waals surface area contributed by atoms with Gasteiger partial charge in [-0.1, -0.05) is 6.92 Å². The summed E-state index contributed by atoms with van der Waals surface area (Å²) in [7, 11) is 0. The van der Waals surface area contributed by atoms with Crippen LogP contribution in [0.5, 0.6) is 0 Å². The highest BCUT2D eigenvalue weighted by Crippen LogP contribution is 2.08. The second kappa shape index (κ2) is 3.55. The normalized spacial score (nSPS) is 8.85. The van der Waals surface area contributed by atoms with Gasteiger partial charge in [-0.15, -0.1) is 0 Å². The van der Waals surface area contributed by atoms with Crippen molar-refractivity contribution in [2.24, 2.45) is 0 Å². The monoisotopic (exact) mass is 173 g/mol. The molecule has 0 aliphatic carbocycles. The van der Waals surface area contributed by atoms with Gasteiger partial charge >= 0.3 is 0 Å². The number of nitrogens with one attached hydrogen (secondary N) is 1. The van der Waals surface area contributed by atoms with Crippen LogP contribution in [-0.4, -0.2) is 4.98 Å². The predicted octanol–water partition coefficient (Wildman–Crippen LogP) is 0.681. The van der Waals surface area contributed by atoms with Gasteiger partial charge in [-0.2, -0.15) is 10.5 Å². The third-order valence-corrected chi connectivity index (χ3v) is 1.79. The lowest BCUT2D eigenvalue weighted by molar-refractivity contribution is 1.06. The second-order valence-electron chi connectivity index (χ2n) is 2.46. The Morgan fingerprint density at radius 2 is 2.15 bits per heavy atom. The van der Waals surface area contributed by atoms with Crippen LogP contribution in [0.4, 0.5) is 0 Å². The van der Waals surface area contributed by atoms with E-state index in [-0.39, 0.29) is 5.56 Å². The van der Waals surface area contributed by atoms with Gasteiger partial charge in [-0.05, 0) is 12.0 Å². The lowest BCUT2D eigenvalue weighted by Crippen LogP contribution is -2.13. The Balaban J connectivity index is 3.60. The van der Waals surface area contributed by atoms with Crippen LogP contribution in [0, 0.1) is 22.7 Å². The van der Waals surface area contributed by atoms with E-state index in [2.05, 4.69) is 4.98 Å². The smallest absolute Gasteiger partial charge is 0.266 e. The molecular formula is C9H7N3O. The predicted molar refractivity (Wildman–Crippen MR) is 45.9 cm³/mol. The standard InChI is InChI=1S/C9H7N3O/c1-2-7-6(3-10)5-12-9(13)8(7)4-11/h5H,2H2,1H3,(H,12,13). The number of aromatic amines is 1. The van der Waals surface area contributed by atoms with Crippen LogP contribution in [0.25, 0.3) is 0 Å². The number of hydrogen-bond acceptors (Lipinski definition) is 3. The molecule has 1 heterocycles. The minimum atomic E-state index is -0.432. The van der Waals surface area contributed by atoms with Crippen molar-refractivity contribution in [1.82, 2.24) is 4.98 Å². The molecular weight excluding hydrogens is 166 g/mol. The number of rotatable bonds is 1. The maximum Gasteiger partial charge on any atom is 0.266 e. The molecule has 0 bridgehead atoms. The van der Waals surface area contributed by atoms with E-state index in [1.807, 2.05) is 6.07 Å². The fourth-order valence-electron chi connectivity index (χ4n) is 1.15. The molecule has 0 saturated carbocycles. The Morgan fingerprint density at radius 3 is 2.62 bits per heavy atom. The van der Waals surface area contributed by atoms with Crippen molar-refractivity contribution in [3.8, 4) is 12.1 Å². The molecule has 4 heteroatoms. The molecule has 0 fully saturated rings. The first-order chi connectivity index (χ1) is 6.24. The second-order valence-corrected chi connectivity index (χ2v) is 2.46. The zero-order chi connectivity index (χ0) is 9.84. The molecule has 64 valence electrons. The van der Waals surface area contributed by atoms with Gasteiger partial charge in [0, 0.05) is 6.20 Å². The maximum atomic E-state index is 11.1. The molecule has 1 aromatic heterocycles. The van der Waals surface area contributed by atoms with E-state index in [1.54, 1.807) is 13.0 Å². The summed E-state index contributed by atoms with van der Waals surface area (Å²) in [4.78, 5) is 13.5. The molecule has 1 N–H and O–H groups in total. The van der Waals surface area contributed by atoms with E-state index in [0.717, 1.165) is 0 Å². The van der Waals surface area contributed by atoms with Crippen molar-refractivity contribution >= 4 is 0 Å². The summed E-state index contributed by atoms with van der Waals surface area (Å²) < 4.78 is 0. The highest BCUT2D eigenvalue weighted by atomic mass is 16.1. The van der Waals surface area contributed by atoms with E-state index in [1.165, 1.54) is 6.20 Å². The van der Waals surface area contributed by atoms with Crippen LogP contribution in [0.3, 0.4) is 0 Å². The molecule has 0 saturated heterocycles. The first kappa shape index (κ1) is 9.02. The van der Waals surface area contributed by atoms with Gasteiger partial charge in [0.15, 0.2) is 0 Å². The van der Waals surface area contributed by atoms with E-state index in [0.29, 0.717) is 17.5 Å². The van der Waals surface area contributed by atoms with Crippen LogP contribution in [-0.2, 0) is 6.42 Å². The van der Waals surface area contributed by atoms with Gasteiger partial charge in [0.1, 0.15) is 17.7 Å². The lowest BCUT2D eigenvalue weighted by Gasteiger charge is -2.00. The van der Waals surface area contributed by atoms with Gasteiger partial charge < -0.3 is 4.98 Å². The average Bonchev–Trinajstić information content (AvgIpc) is 2.17. The molecule has 4 nitrogen and oxygen atoms in total. The third kappa shape index (κ3) is 1.43. The van der Waals surface area contributed by atoms with E-state index >= 15 is 0 Å². The number of H-pyrrole nitrogens is 1. The van der Waals surface area contributed by atoms with Crippen LogP contribution < -0.4 is 5.56 Å².